The van der Waals surface area contributed by atoms with Gasteiger partial charge in [0.25, 0.3) is 0 Å². The van der Waals surface area contributed by atoms with E-state index in [1.807, 2.05) is 19.2 Å². The zero-order valence-electron chi connectivity index (χ0n) is 10.8. The lowest BCUT2D eigenvalue weighted by molar-refractivity contribution is 0.576. The highest BCUT2D eigenvalue weighted by atomic mass is 79.9. The SMILES string of the molecule is CNC(Cc1cc(Cl)ccc1Cl)c1cc(F)cc(Br)c1. The molecule has 0 radical (unpaired) electrons. The summed E-state index contributed by atoms with van der Waals surface area (Å²) < 4.78 is 14.2. The van der Waals surface area contributed by atoms with Crippen molar-refractivity contribution in [1.29, 1.82) is 0 Å². The molecule has 0 aliphatic heterocycles. The number of halogens is 4. The lowest BCUT2D eigenvalue weighted by atomic mass is 9.99. The largest absolute Gasteiger partial charge is 0.313 e. The van der Waals surface area contributed by atoms with Crippen molar-refractivity contribution in [3.8, 4) is 0 Å². The van der Waals surface area contributed by atoms with E-state index in [2.05, 4.69) is 21.2 Å². The molecule has 0 bridgehead atoms. The maximum absolute atomic E-state index is 13.5. The van der Waals surface area contributed by atoms with Crippen LogP contribution in [0.25, 0.3) is 0 Å². The Morgan fingerprint density at radius 2 is 1.95 bits per heavy atom. The Morgan fingerprint density at radius 1 is 1.20 bits per heavy atom. The summed E-state index contributed by atoms with van der Waals surface area (Å²) in [4.78, 5) is 0. The van der Waals surface area contributed by atoms with Crippen LogP contribution in [0.5, 0.6) is 0 Å². The average molecular weight is 377 g/mol. The van der Waals surface area contributed by atoms with E-state index < -0.39 is 0 Å². The van der Waals surface area contributed by atoms with Gasteiger partial charge in [-0.3, -0.25) is 0 Å². The molecule has 1 N–H and O–H groups in total. The zero-order chi connectivity index (χ0) is 14.7. The van der Waals surface area contributed by atoms with E-state index in [9.17, 15) is 4.39 Å². The molecule has 2 aromatic rings. The first kappa shape index (κ1) is 15.8. The van der Waals surface area contributed by atoms with Crippen LogP contribution < -0.4 is 5.32 Å². The predicted octanol–water partition coefficient (Wildman–Crippen LogP) is 5.40. The number of likely N-dealkylation sites (N-methyl/N-ethyl adjacent to an activating group) is 1. The Bertz CT molecular complexity index is 599. The van der Waals surface area contributed by atoms with E-state index in [-0.39, 0.29) is 11.9 Å². The molecule has 0 aliphatic rings. The van der Waals surface area contributed by atoms with Crippen molar-refractivity contribution < 1.29 is 4.39 Å². The van der Waals surface area contributed by atoms with Crippen molar-refractivity contribution in [2.24, 2.45) is 0 Å². The Labute approximate surface area is 136 Å². The predicted molar refractivity (Wildman–Crippen MR) is 86.1 cm³/mol. The van der Waals surface area contributed by atoms with Gasteiger partial charge in [-0.25, -0.2) is 4.39 Å². The van der Waals surface area contributed by atoms with Gasteiger partial charge < -0.3 is 5.32 Å². The van der Waals surface area contributed by atoms with Crippen LogP contribution >= 0.6 is 39.1 Å². The Kier molecular flexibility index (Phi) is 5.44. The summed E-state index contributed by atoms with van der Waals surface area (Å²) in [7, 11) is 1.84. The van der Waals surface area contributed by atoms with Crippen LogP contribution in [0.15, 0.2) is 40.9 Å². The quantitative estimate of drug-likeness (QED) is 0.753. The van der Waals surface area contributed by atoms with E-state index in [0.29, 0.717) is 20.9 Å². The summed E-state index contributed by atoms with van der Waals surface area (Å²) in [5.41, 5.74) is 1.79. The topological polar surface area (TPSA) is 12.0 Å². The van der Waals surface area contributed by atoms with Gasteiger partial charge in [-0.1, -0.05) is 39.1 Å². The number of hydrogen-bond donors (Lipinski definition) is 1. The molecule has 1 unspecified atom stereocenters. The first-order valence-electron chi connectivity index (χ1n) is 6.07. The fourth-order valence-corrected chi connectivity index (χ4v) is 2.96. The number of rotatable bonds is 4. The molecule has 1 nitrogen and oxygen atoms in total. The van der Waals surface area contributed by atoms with Crippen LogP contribution in [0.3, 0.4) is 0 Å². The minimum atomic E-state index is -0.271. The third-order valence-electron chi connectivity index (χ3n) is 3.07. The molecule has 2 aromatic carbocycles. The summed E-state index contributed by atoms with van der Waals surface area (Å²) >= 11 is 15.5. The monoisotopic (exact) mass is 375 g/mol. The molecule has 0 fully saturated rings. The van der Waals surface area contributed by atoms with Crippen LogP contribution in [0.1, 0.15) is 17.2 Å². The third kappa shape index (κ3) is 3.95. The molecule has 0 aromatic heterocycles. The second-order valence-electron chi connectivity index (χ2n) is 4.48. The van der Waals surface area contributed by atoms with E-state index in [4.69, 9.17) is 23.2 Å². The molecule has 20 heavy (non-hydrogen) atoms. The molecule has 0 amide bonds. The second kappa shape index (κ2) is 6.90. The van der Waals surface area contributed by atoms with Gasteiger partial charge in [-0.05, 0) is 61.0 Å². The van der Waals surface area contributed by atoms with E-state index in [1.54, 1.807) is 12.1 Å². The fourth-order valence-electron chi connectivity index (χ4n) is 2.08. The van der Waals surface area contributed by atoms with Crippen LogP contribution in [0.2, 0.25) is 10.0 Å². The summed E-state index contributed by atoms with van der Waals surface area (Å²) in [5, 5.41) is 4.47. The van der Waals surface area contributed by atoms with Crippen LogP contribution in [0.4, 0.5) is 4.39 Å². The molecular weight excluding hydrogens is 364 g/mol. The van der Waals surface area contributed by atoms with Gasteiger partial charge in [0.15, 0.2) is 0 Å². The molecular formula is C15H13BrCl2FN. The summed E-state index contributed by atoms with van der Waals surface area (Å²) in [6.45, 7) is 0. The van der Waals surface area contributed by atoms with Crippen molar-refractivity contribution >= 4 is 39.1 Å². The molecule has 0 saturated carbocycles. The maximum Gasteiger partial charge on any atom is 0.124 e. The van der Waals surface area contributed by atoms with Gasteiger partial charge in [0, 0.05) is 20.6 Å². The highest BCUT2D eigenvalue weighted by Gasteiger charge is 2.14. The van der Waals surface area contributed by atoms with E-state index >= 15 is 0 Å². The standard InChI is InChI=1S/C15H13BrCl2FN/c1-20-15(10-4-11(16)8-13(19)6-10)7-9-5-12(17)2-3-14(9)18/h2-6,8,15,20H,7H2,1H3. The van der Waals surface area contributed by atoms with Crippen LogP contribution in [0, 0.1) is 5.82 Å². The van der Waals surface area contributed by atoms with E-state index in [0.717, 1.165) is 11.1 Å². The molecule has 1 atom stereocenters. The first-order chi connectivity index (χ1) is 9.49. The minimum Gasteiger partial charge on any atom is -0.313 e. The summed E-state index contributed by atoms with van der Waals surface area (Å²) in [6, 6.07) is 10.2. The Morgan fingerprint density at radius 3 is 2.60 bits per heavy atom. The molecule has 0 spiro atoms. The highest BCUT2D eigenvalue weighted by Crippen LogP contribution is 2.27. The normalized spacial score (nSPS) is 12.4. The molecule has 0 heterocycles. The molecule has 0 aliphatic carbocycles. The van der Waals surface area contributed by atoms with Gasteiger partial charge in [-0.2, -0.15) is 0 Å². The second-order valence-corrected chi connectivity index (χ2v) is 6.24. The van der Waals surface area contributed by atoms with Crippen LogP contribution in [-0.2, 0) is 6.42 Å². The average Bonchev–Trinajstić information content (AvgIpc) is 2.38. The molecule has 0 saturated heterocycles. The van der Waals surface area contributed by atoms with Crippen molar-refractivity contribution in [2.45, 2.75) is 12.5 Å². The molecule has 106 valence electrons. The third-order valence-corrected chi connectivity index (χ3v) is 4.13. The van der Waals surface area contributed by atoms with Gasteiger partial charge in [0.1, 0.15) is 5.82 Å². The van der Waals surface area contributed by atoms with Gasteiger partial charge >= 0.3 is 0 Å². The minimum absolute atomic E-state index is 0.0435. The summed E-state index contributed by atoms with van der Waals surface area (Å²) in [6.07, 6.45) is 0.631. The van der Waals surface area contributed by atoms with Crippen molar-refractivity contribution in [2.75, 3.05) is 7.05 Å². The van der Waals surface area contributed by atoms with Crippen molar-refractivity contribution in [3.05, 3.63) is 67.9 Å². The van der Waals surface area contributed by atoms with Gasteiger partial charge in [0.05, 0.1) is 0 Å². The first-order valence-corrected chi connectivity index (χ1v) is 7.61. The lowest BCUT2D eigenvalue weighted by Gasteiger charge is -2.18. The van der Waals surface area contributed by atoms with Crippen molar-refractivity contribution in [1.82, 2.24) is 5.32 Å². The summed E-state index contributed by atoms with van der Waals surface area (Å²) in [5.74, 6) is -0.271. The fraction of sp³-hybridized carbons (Fsp3) is 0.200. The Balaban J connectivity index is 2.30. The molecule has 5 heteroatoms. The zero-order valence-corrected chi connectivity index (χ0v) is 13.9. The number of nitrogens with one attached hydrogen (secondary N) is 1. The van der Waals surface area contributed by atoms with Gasteiger partial charge in [0.2, 0.25) is 0 Å². The number of benzene rings is 2. The smallest absolute Gasteiger partial charge is 0.124 e. The van der Waals surface area contributed by atoms with E-state index in [1.165, 1.54) is 12.1 Å². The lowest BCUT2D eigenvalue weighted by Crippen LogP contribution is -2.19. The number of hydrogen-bond acceptors (Lipinski definition) is 1. The molecule has 2 rings (SSSR count). The van der Waals surface area contributed by atoms with Gasteiger partial charge in [-0.15, -0.1) is 0 Å². The van der Waals surface area contributed by atoms with Crippen LogP contribution in [-0.4, -0.2) is 7.05 Å². The Hall–Kier alpha value is -0.610. The highest BCUT2D eigenvalue weighted by molar-refractivity contribution is 9.10. The maximum atomic E-state index is 13.5. The van der Waals surface area contributed by atoms with Crippen molar-refractivity contribution in [3.63, 3.8) is 0 Å².